The average molecular weight is 305 g/mol. The van der Waals surface area contributed by atoms with Crippen LogP contribution in [0.4, 0.5) is 4.79 Å². The third-order valence-corrected chi connectivity index (χ3v) is 3.82. The molecule has 2 rings (SSSR count). The van der Waals surface area contributed by atoms with Crippen molar-refractivity contribution in [3.05, 3.63) is 35.9 Å². The van der Waals surface area contributed by atoms with E-state index in [1.165, 1.54) is 7.11 Å². The minimum Gasteiger partial charge on any atom is -0.468 e. The number of likely N-dealkylation sites (tertiary alicyclic amines) is 1. The Balaban J connectivity index is 2.25. The zero-order chi connectivity index (χ0) is 16.4. The molecule has 1 amide bonds. The molecule has 120 valence electrons. The first-order valence-corrected chi connectivity index (χ1v) is 7.40. The lowest BCUT2D eigenvalue weighted by Gasteiger charge is -2.28. The van der Waals surface area contributed by atoms with Crippen LogP contribution in [0, 0.1) is 0 Å². The normalized spacial score (nSPS) is 21.5. The van der Waals surface area contributed by atoms with Gasteiger partial charge < -0.3 is 14.4 Å². The summed E-state index contributed by atoms with van der Waals surface area (Å²) in [6.45, 7) is 6.22. The second-order valence-corrected chi connectivity index (χ2v) is 6.59. The molecular formula is C17H23NO4. The molecule has 1 fully saturated rings. The fraction of sp³-hybridized carbons (Fsp3) is 0.529. The Hall–Kier alpha value is -2.04. The van der Waals surface area contributed by atoms with Gasteiger partial charge in [0.15, 0.2) is 0 Å². The average Bonchev–Trinajstić information content (AvgIpc) is 2.92. The van der Waals surface area contributed by atoms with Crippen molar-refractivity contribution in [1.82, 2.24) is 4.90 Å². The summed E-state index contributed by atoms with van der Waals surface area (Å²) in [6, 6.07) is 9.46. The molecule has 1 saturated heterocycles. The highest BCUT2D eigenvalue weighted by molar-refractivity contribution is 5.85. The number of hydrogen-bond donors (Lipinski definition) is 0. The first-order chi connectivity index (χ1) is 10.3. The lowest BCUT2D eigenvalue weighted by atomic mass is 9.80. The Morgan fingerprint density at radius 3 is 2.36 bits per heavy atom. The molecule has 22 heavy (non-hydrogen) atoms. The van der Waals surface area contributed by atoms with Gasteiger partial charge >= 0.3 is 12.1 Å². The predicted molar refractivity (Wildman–Crippen MR) is 82.6 cm³/mol. The van der Waals surface area contributed by atoms with Gasteiger partial charge in [-0.3, -0.25) is 4.79 Å². The fourth-order valence-corrected chi connectivity index (χ4v) is 2.76. The van der Waals surface area contributed by atoms with Gasteiger partial charge in [-0.2, -0.15) is 0 Å². The maximum absolute atomic E-state index is 12.4. The summed E-state index contributed by atoms with van der Waals surface area (Å²) in [6.07, 6.45) is 0.136. The van der Waals surface area contributed by atoms with Gasteiger partial charge in [-0.15, -0.1) is 0 Å². The van der Waals surface area contributed by atoms with E-state index in [1.807, 2.05) is 51.1 Å². The number of benzene rings is 1. The molecule has 0 saturated carbocycles. The van der Waals surface area contributed by atoms with E-state index in [-0.39, 0.29) is 12.5 Å². The number of esters is 1. The summed E-state index contributed by atoms with van der Waals surface area (Å²) in [4.78, 5) is 26.2. The Bertz CT molecular complexity index is 550. The Morgan fingerprint density at radius 1 is 1.18 bits per heavy atom. The lowest BCUT2D eigenvalue weighted by Crippen LogP contribution is -2.42. The monoisotopic (exact) mass is 305 g/mol. The Morgan fingerprint density at radius 2 is 1.82 bits per heavy atom. The van der Waals surface area contributed by atoms with Gasteiger partial charge in [0.05, 0.1) is 7.11 Å². The molecule has 0 N–H and O–H groups in total. The van der Waals surface area contributed by atoms with Crippen molar-refractivity contribution in [3.63, 3.8) is 0 Å². The smallest absolute Gasteiger partial charge is 0.410 e. The van der Waals surface area contributed by atoms with Crippen molar-refractivity contribution in [2.24, 2.45) is 0 Å². The third kappa shape index (κ3) is 3.24. The summed E-state index contributed by atoms with van der Waals surface area (Å²) >= 11 is 0. The SMILES string of the molecule is COC(=O)C1(c2ccccc2)CCN(C(=O)OC(C)(C)C)C1. The van der Waals surface area contributed by atoms with Gasteiger partial charge in [0.2, 0.25) is 0 Å². The summed E-state index contributed by atoms with van der Waals surface area (Å²) in [5.41, 5.74) is -0.499. The minimum absolute atomic E-state index is 0.276. The number of carbonyl (C=O) groups is 2. The zero-order valence-electron chi connectivity index (χ0n) is 13.6. The van der Waals surface area contributed by atoms with E-state index < -0.39 is 17.1 Å². The van der Waals surface area contributed by atoms with Crippen LogP contribution in [0.15, 0.2) is 30.3 Å². The van der Waals surface area contributed by atoms with Crippen molar-refractivity contribution >= 4 is 12.1 Å². The minimum atomic E-state index is -0.813. The highest BCUT2D eigenvalue weighted by Crippen LogP contribution is 2.36. The number of carbonyl (C=O) groups excluding carboxylic acids is 2. The number of hydrogen-bond acceptors (Lipinski definition) is 4. The Labute approximate surface area is 131 Å². The van der Waals surface area contributed by atoms with E-state index in [9.17, 15) is 9.59 Å². The van der Waals surface area contributed by atoms with E-state index >= 15 is 0 Å². The van der Waals surface area contributed by atoms with Gasteiger partial charge in [-0.05, 0) is 32.8 Å². The van der Waals surface area contributed by atoms with Crippen LogP contribution >= 0.6 is 0 Å². The maximum atomic E-state index is 12.4. The predicted octanol–water partition coefficient (Wildman–Crippen LogP) is 2.74. The van der Waals surface area contributed by atoms with E-state index in [0.717, 1.165) is 5.56 Å². The highest BCUT2D eigenvalue weighted by atomic mass is 16.6. The quantitative estimate of drug-likeness (QED) is 0.788. The molecule has 0 radical (unpaired) electrons. The fourth-order valence-electron chi connectivity index (χ4n) is 2.76. The van der Waals surface area contributed by atoms with Crippen molar-refractivity contribution in [2.75, 3.05) is 20.2 Å². The number of ether oxygens (including phenoxy) is 2. The molecule has 0 aliphatic carbocycles. The van der Waals surface area contributed by atoms with Gasteiger partial charge in [-0.1, -0.05) is 30.3 Å². The summed E-state index contributed by atoms with van der Waals surface area (Å²) in [5.74, 6) is -0.315. The number of nitrogens with zero attached hydrogens (tertiary/aromatic N) is 1. The first kappa shape index (κ1) is 16.3. The molecule has 0 bridgehead atoms. The summed E-state index contributed by atoms with van der Waals surface area (Å²) in [5, 5.41) is 0. The van der Waals surface area contributed by atoms with Crippen LogP contribution in [-0.4, -0.2) is 42.8 Å². The molecular weight excluding hydrogens is 282 g/mol. The van der Waals surface area contributed by atoms with Gasteiger partial charge in [-0.25, -0.2) is 4.79 Å². The second-order valence-electron chi connectivity index (χ2n) is 6.59. The Kier molecular flexibility index (Phi) is 4.44. The first-order valence-electron chi connectivity index (χ1n) is 7.40. The molecule has 1 aromatic rings. The van der Waals surface area contributed by atoms with Crippen LogP contribution in [0.1, 0.15) is 32.8 Å². The molecule has 1 aliphatic heterocycles. The molecule has 1 atom stereocenters. The van der Waals surface area contributed by atoms with Crippen molar-refractivity contribution in [2.45, 2.75) is 38.2 Å². The molecule has 1 unspecified atom stereocenters. The van der Waals surface area contributed by atoms with E-state index in [2.05, 4.69) is 0 Å². The highest BCUT2D eigenvalue weighted by Gasteiger charge is 2.49. The molecule has 1 aromatic carbocycles. The third-order valence-electron chi connectivity index (χ3n) is 3.82. The molecule has 0 aromatic heterocycles. The van der Waals surface area contributed by atoms with Crippen LogP contribution < -0.4 is 0 Å². The van der Waals surface area contributed by atoms with Crippen molar-refractivity contribution < 1.29 is 19.1 Å². The topological polar surface area (TPSA) is 55.8 Å². The van der Waals surface area contributed by atoms with E-state index in [1.54, 1.807) is 4.90 Å². The van der Waals surface area contributed by atoms with Crippen LogP contribution in [0.5, 0.6) is 0 Å². The number of amides is 1. The van der Waals surface area contributed by atoms with Crippen LogP contribution in [0.25, 0.3) is 0 Å². The zero-order valence-corrected chi connectivity index (χ0v) is 13.6. The maximum Gasteiger partial charge on any atom is 0.410 e. The standard InChI is InChI=1S/C17H23NO4/c1-16(2,3)22-15(20)18-11-10-17(12-18,14(19)21-4)13-8-6-5-7-9-13/h5-9H,10-12H2,1-4H3. The van der Waals surface area contributed by atoms with Gasteiger partial charge in [0.25, 0.3) is 0 Å². The van der Waals surface area contributed by atoms with E-state index in [0.29, 0.717) is 13.0 Å². The number of methoxy groups -OCH3 is 1. The van der Waals surface area contributed by atoms with Gasteiger partial charge in [0, 0.05) is 13.1 Å². The molecule has 5 nitrogen and oxygen atoms in total. The molecule has 0 spiro atoms. The van der Waals surface area contributed by atoms with Crippen molar-refractivity contribution in [3.8, 4) is 0 Å². The molecule has 1 heterocycles. The van der Waals surface area contributed by atoms with E-state index in [4.69, 9.17) is 9.47 Å². The summed E-state index contributed by atoms with van der Waals surface area (Å²) < 4.78 is 10.4. The van der Waals surface area contributed by atoms with Crippen molar-refractivity contribution in [1.29, 1.82) is 0 Å². The lowest BCUT2D eigenvalue weighted by molar-refractivity contribution is -0.147. The van der Waals surface area contributed by atoms with Crippen LogP contribution in [-0.2, 0) is 19.7 Å². The molecule has 5 heteroatoms. The van der Waals surface area contributed by atoms with Gasteiger partial charge in [0.1, 0.15) is 11.0 Å². The molecule has 1 aliphatic rings. The largest absolute Gasteiger partial charge is 0.468 e. The summed E-state index contributed by atoms with van der Waals surface area (Å²) in [7, 11) is 1.38. The van der Waals surface area contributed by atoms with Crippen LogP contribution in [0.3, 0.4) is 0 Å². The second kappa shape index (κ2) is 5.99. The number of rotatable bonds is 2. The van der Waals surface area contributed by atoms with Crippen LogP contribution in [0.2, 0.25) is 0 Å².